The molecule has 2 aliphatic heterocycles. The molecule has 0 bridgehead atoms. The lowest BCUT2D eigenvalue weighted by Crippen LogP contribution is -2.55. The Bertz CT molecular complexity index is 1000. The molecule has 2 aromatic rings. The van der Waals surface area contributed by atoms with E-state index in [-0.39, 0.29) is 24.7 Å². The van der Waals surface area contributed by atoms with E-state index in [1.165, 1.54) is 29.2 Å². The molecule has 9 nitrogen and oxygen atoms in total. The van der Waals surface area contributed by atoms with E-state index in [0.29, 0.717) is 49.8 Å². The summed E-state index contributed by atoms with van der Waals surface area (Å²) in [5, 5.41) is 19.3. The summed E-state index contributed by atoms with van der Waals surface area (Å²) in [6, 6.07) is 6.43. The van der Waals surface area contributed by atoms with Gasteiger partial charge in [-0.2, -0.15) is 13.2 Å². The second-order valence-electron chi connectivity index (χ2n) is 8.42. The van der Waals surface area contributed by atoms with Gasteiger partial charge >= 0.3 is 12.3 Å². The van der Waals surface area contributed by atoms with Gasteiger partial charge in [0.1, 0.15) is 0 Å². The fourth-order valence-electron chi connectivity index (χ4n) is 4.30. The number of hydrogen-bond donors (Lipinski definition) is 2. The number of anilines is 1. The Labute approximate surface area is 194 Å². The number of alkyl halides is 3. The molecule has 0 saturated carbocycles. The number of halogens is 3. The molecule has 1 aromatic carbocycles. The highest BCUT2D eigenvalue weighted by atomic mass is 19.4. The first kappa shape index (κ1) is 24.0. The lowest BCUT2D eigenvalue weighted by atomic mass is 10.0. The zero-order chi connectivity index (χ0) is 24.5. The van der Waals surface area contributed by atoms with Crippen molar-refractivity contribution in [3.05, 3.63) is 41.5 Å². The minimum atomic E-state index is -4.49. The normalized spacial score (nSPS) is 19.9. The predicted molar refractivity (Wildman–Crippen MR) is 116 cm³/mol. The second kappa shape index (κ2) is 9.63. The van der Waals surface area contributed by atoms with Crippen LogP contribution in [0, 0.1) is 0 Å². The molecule has 12 heteroatoms. The smallest absolute Gasteiger partial charge is 0.435 e. The zero-order valence-electron chi connectivity index (χ0n) is 18.7. The Hall–Kier alpha value is -3.12. The van der Waals surface area contributed by atoms with Crippen LogP contribution in [0.25, 0.3) is 0 Å². The highest BCUT2D eigenvalue weighted by Crippen LogP contribution is 2.35. The molecule has 2 aliphatic rings. The summed E-state index contributed by atoms with van der Waals surface area (Å²) in [7, 11) is 0. The van der Waals surface area contributed by atoms with Crippen molar-refractivity contribution in [2.24, 2.45) is 0 Å². The van der Waals surface area contributed by atoms with Crippen LogP contribution in [-0.4, -0.2) is 82.8 Å². The summed E-state index contributed by atoms with van der Waals surface area (Å²) in [5.74, 6) is -0.866. The third-order valence-corrected chi connectivity index (χ3v) is 6.08. The van der Waals surface area contributed by atoms with Crippen LogP contribution in [-0.2, 0) is 17.5 Å². The van der Waals surface area contributed by atoms with Gasteiger partial charge in [-0.1, -0.05) is 6.07 Å². The highest BCUT2D eigenvalue weighted by Gasteiger charge is 2.36. The number of carbonyl (C=O) groups is 1. The highest BCUT2D eigenvalue weighted by molar-refractivity contribution is 5.68. The average molecular weight is 484 g/mol. The number of piperazine rings is 1. The number of amides is 1. The monoisotopic (exact) mass is 484 g/mol. The van der Waals surface area contributed by atoms with Gasteiger partial charge in [-0.3, -0.25) is 4.90 Å². The summed E-state index contributed by atoms with van der Waals surface area (Å²) in [4.78, 5) is 22.7. The molecule has 2 fully saturated rings. The number of rotatable bonds is 4. The molecule has 34 heavy (non-hydrogen) atoms. The maximum atomic E-state index is 13.9. The summed E-state index contributed by atoms with van der Waals surface area (Å²) < 4.78 is 47.5. The number of morpholine rings is 1. The Morgan fingerprint density at radius 2 is 1.76 bits per heavy atom. The van der Waals surface area contributed by atoms with Gasteiger partial charge in [0.05, 0.1) is 18.8 Å². The van der Waals surface area contributed by atoms with Gasteiger partial charge in [0, 0.05) is 63.1 Å². The number of aromatic nitrogens is 1. The Morgan fingerprint density at radius 3 is 2.38 bits per heavy atom. The molecule has 3 heterocycles. The van der Waals surface area contributed by atoms with Gasteiger partial charge in [-0.15, -0.1) is 4.73 Å². The molecule has 2 saturated heterocycles. The first-order valence-corrected chi connectivity index (χ1v) is 11.0. The number of benzene rings is 1. The number of hydrogen-bond acceptors (Lipinski definition) is 7. The van der Waals surface area contributed by atoms with E-state index in [0.717, 1.165) is 0 Å². The van der Waals surface area contributed by atoms with E-state index in [1.807, 2.05) is 9.80 Å². The largest absolute Gasteiger partial charge is 0.492 e. The van der Waals surface area contributed by atoms with E-state index >= 15 is 0 Å². The molecule has 4 rings (SSSR count). The quantitative estimate of drug-likeness (QED) is 0.689. The molecule has 186 valence electrons. The van der Waals surface area contributed by atoms with E-state index < -0.39 is 29.6 Å². The Morgan fingerprint density at radius 1 is 1.09 bits per heavy atom. The first-order valence-electron chi connectivity index (χ1n) is 11.0. The van der Waals surface area contributed by atoms with Crippen molar-refractivity contribution < 1.29 is 37.8 Å². The minimum absolute atomic E-state index is 0.0879. The van der Waals surface area contributed by atoms with Crippen LogP contribution in [0.5, 0.6) is 11.8 Å². The lowest BCUT2D eigenvalue weighted by molar-refractivity contribution is -0.138. The second-order valence-corrected chi connectivity index (χ2v) is 8.42. The van der Waals surface area contributed by atoms with E-state index in [1.54, 1.807) is 13.0 Å². The van der Waals surface area contributed by atoms with Gasteiger partial charge in [0.25, 0.3) is 0 Å². The van der Waals surface area contributed by atoms with Gasteiger partial charge in [0.2, 0.25) is 11.8 Å². The van der Waals surface area contributed by atoms with Crippen molar-refractivity contribution in [1.82, 2.24) is 14.5 Å². The molecule has 1 atom stereocenters. The van der Waals surface area contributed by atoms with Crippen LogP contribution in [0.4, 0.5) is 23.7 Å². The van der Waals surface area contributed by atoms with Crippen LogP contribution >= 0.6 is 0 Å². The average Bonchev–Trinajstić information content (AvgIpc) is 3.11. The molecule has 0 radical (unpaired) electrons. The van der Waals surface area contributed by atoms with Gasteiger partial charge in [-0.25, -0.2) is 4.79 Å². The van der Waals surface area contributed by atoms with Crippen LogP contribution in [0.2, 0.25) is 0 Å². The summed E-state index contributed by atoms with van der Waals surface area (Å²) in [5.41, 5.74) is 0.0382. The van der Waals surface area contributed by atoms with Gasteiger partial charge in [-0.05, 0) is 24.6 Å². The number of nitrogens with zero attached hydrogens (tertiary/aromatic N) is 4. The molecule has 0 spiro atoms. The number of aromatic hydroxyl groups is 2. The molecule has 1 amide bonds. The molecular formula is C22H27F3N4O5. The van der Waals surface area contributed by atoms with E-state index in [9.17, 15) is 28.2 Å². The third kappa shape index (κ3) is 5.17. The topological polar surface area (TPSA) is 90.6 Å². The Balaban J connectivity index is 1.43. The number of carbonyl (C=O) groups excluding carboxylic acids is 1. The summed E-state index contributed by atoms with van der Waals surface area (Å²) in [6.07, 6.45) is -5.27. The predicted octanol–water partition coefficient (Wildman–Crippen LogP) is 2.51. The SMILES string of the molecule is C[C@H]1CN(Cc2ccc(N3CCOCC3)cc2C(F)(F)F)CCN1C(=O)On1c(O)ccc1O. The van der Waals surface area contributed by atoms with Crippen molar-refractivity contribution in [2.75, 3.05) is 50.8 Å². The maximum Gasteiger partial charge on any atom is 0.435 e. The maximum absolute atomic E-state index is 13.9. The standard InChI is InChI=1S/C22H27F3N4O5/c1-15-13-26(6-7-28(15)21(32)34-29-19(30)4-5-20(29)31)14-16-2-3-17(12-18(16)22(23,24)25)27-8-10-33-11-9-27/h2-5,12,15,30-31H,6-11,13-14H2,1H3/t15-/m0/s1. The summed E-state index contributed by atoms with van der Waals surface area (Å²) in [6.45, 7) is 4.80. The van der Waals surface area contributed by atoms with Crippen LogP contribution < -0.4 is 9.74 Å². The van der Waals surface area contributed by atoms with Gasteiger partial charge < -0.3 is 29.6 Å². The first-order chi connectivity index (χ1) is 16.1. The zero-order valence-corrected chi connectivity index (χ0v) is 18.7. The van der Waals surface area contributed by atoms with Gasteiger partial charge in [0.15, 0.2) is 0 Å². The van der Waals surface area contributed by atoms with Crippen molar-refractivity contribution in [3.8, 4) is 11.8 Å². The van der Waals surface area contributed by atoms with E-state index in [2.05, 4.69) is 0 Å². The fourth-order valence-corrected chi connectivity index (χ4v) is 4.30. The lowest BCUT2D eigenvalue weighted by Gasteiger charge is -2.39. The van der Waals surface area contributed by atoms with Crippen molar-refractivity contribution >= 4 is 11.8 Å². The molecule has 1 aromatic heterocycles. The Kier molecular flexibility index (Phi) is 6.80. The molecule has 2 N–H and O–H groups in total. The minimum Gasteiger partial charge on any atom is -0.492 e. The molecular weight excluding hydrogens is 457 g/mol. The summed E-state index contributed by atoms with van der Waals surface area (Å²) >= 11 is 0. The van der Waals surface area contributed by atoms with Crippen LogP contribution in [0.1, 0.15) is 18.1 Å². The third-order valence-electron chi connectivity index (χ3n) is 6.08. The van der Waals surface area contributed by atoms with Crippen LogP contribution in [0.15, 0.2) is 30.3 Å². The van der Waals surface area contributed by atoms with Crippen molar-refractivity contribution in [2.45, 2.75) is 25.7 Å². The number of ether oxygens (including phenoxy) is 1. The van der Waals surface area contributed by atoms with Crippen molar-refractivity contribution in [1.29, 1.82) is 0 Å². The van der Waals surface area contributed by atoms with Crippen molar-refractivity contribution in [3.63, 3.8) is 0 Å². The fraction of sp³-hybridized carbons (Fsp3) is 0.500. The molecule has 0 aliphatic carbocycles. The van der Waals surface area contributed by atoms with Crippen LogP contribution in [0.3, 0.4) is 0 Å². The van der Waals surface area contributed by atoms with E-state index in [4.69, 9.17) is 9.57 Å². The molecule has 0 unspecified atom stereocenters.